The molecule has 0 aliphatic carbocycles. The third kappa shape index (κ3) is 41.6. The Balaban J connectivity index is 0. The Kier molecular flexibility index (Phi) is 39.9. The van der Waals surface area contributed by atoms with E-state index in [2.05, 4.69) is 57.3 Å². The molecule has 0 amide bonds. The van der Waals surface area contributed by atoms with Crippen LogP contribution in [0.1, 0.15) is 220 Å². The van der Waals surface area contributed by atoms with Gasteiger partial charge in [0.05, 0.1) is 0 Å². The van der Waals surface area contributed by atoms with Gasteiger partial charge in [0.2, 0.25) is 0 Å². The minimum absolute atomic E-state index is 0.557. The van der Waals surface area contributed by atoms with Gasteiger partial charge in [0, 0.05) is 0 Å². The van der Waals surface area contributed by atoms with Gasteiger partial charge in [-0.3, -0.25) is 0 Å². The summed E-state index contributed by atoms with van der Waals surface area (Å²) in [5, 5.41) is 2.75. The molecule has 0 saturated heterocycles. The molecule has 0 saturated carbocycles. The average molecular weight is 590 g/mol. The molecule has 42 heavy (non-hydrogen) atoms. The maximum absolute atomic E-state index is 2.75. The van der Waals surface area contributed by atoms with Crippen LogP contribution in [0.3, 0.4) is 0 Å². The van der Waals surface area contributed by atoms with Crippen molar-refractivity contribution < 1.29 is 0 Å². The lowest BCUT2D eigenvalue weighted by Crippen LogP contribution is -2.11. The molecule has 1 N–H and O–H groups in total. The van der Waals surface area contributed by atoms with Crippen molar-refractivity contribution in [3.63, 3.8) is 0 Å². The highest BCUT2D eigenvalue weighted by Gasteiger charge is 2.16. The number of nitrogens with one attached hydrogen (secondary N) is 1. The van der Waals surface area contributed by atoms with Gasteiger partial charge in [-0.25, -0.2) is 0 Å². The maximum Gasteiger partial charge on any atom is -0.0167 e. The molecule has 0 aromatic carbocycles. The standard InChI is InChI=1S/C39H76.C2H7N/c1-5-7-9-11-13-15-17-19-21-23-25-27-29-31-33-35-37-39(3,4)38-36-34-32-30-28-26-24-22-20-18-16-14-12-10-8-6-2;1-3-2/h19-22H,5-18,23-38H2,1-4H3;3H,1-2H3/b21-19-,22-20-;. The van der Waals surface area contributed by atoms with Gasteiger partial charge >= 0.3 is 0 Å². The van der Waals surface area contributed by atoms with Crippen molar-refractivity contribution in [3.8, 4) is 0 Å². The summed E-state index contributed by atoms with van der Waals surface area (Å²) in [6, 6.07) is 0. The monoisotopic (exact) mass is 590 g/mol. The number of hydrogen-bond acceptors (Lipinski definition) is 1. The highest BCUT2D eigenvalue weighted by atomic mass is 14.7. The number of hydrogen-bond donors (Lipinski definition) is 1. The molecule has 0 aliphatic rings. The van der Waals surface area contributed by atoms with Crippen molar-refractivity contribution in [3.05, 3.63) is 24.3 Å². The predicted molar refractivity (Wildman–Crippen MR) is 197 cm³/mol. The van der Waals surface area contributed by atoms with Crippen LogP contribution >= 0.6 is 0 Å². The molecule has 0 aromatic heterocycles. The third-order valence-corrected chi connectivity index (χ3v) is 8.73. The Morgan fingerprint density at radius 3 is 0.833 bits per heavy atom. The van der Waals surface area contributed by atoms with E-state index in [1.807, 2.05) is 14.1 Å². The predicted octanol–water partition coefficient (Wildman–Crippen LogP) is 14.7. The maximum atomic E-state index is 2.75. The van der Waals surface area contributed by atoms with Crippen LogP contribution in [0.2, 0.25) is 0 Å². The van der Waals surface area contributed by atoms with Crippen LogP contribution in [0.4, 0.5) is 0 Å². The van der Waals surface area contributed by atoms with Crippen LogP contribution < -0.4 is 5.32 Å². The van der Waals surface area contributed by atoms with Crippen LogP contribution in [0.25, 0.3) is 0 Å². The first-order valence-corrected chi connectivity index (χ1v) is 19.4. The van der Waals surface area contributed by atoms with E-state index >= 15 is 0 Å². The number of unbranched alkanes of at least 4 members (excludes halogenated alkanes) is 24. The second kappa shape index (κ2) is 38.5. The van der Waals surface area contributed by atoms with Crippen LogP contribution in [-0.2, 0) is 0 Å². The molecule has 0 rings (SSSR count). The lowest BCUT2D eigenvalue weighted by atomic mass is 9.82. The third-order valence-electron chi connectivity index (χ3n) is 8.73. The molecular formula is C41H83N. The molecule has 0 unspecified atom stereocenters. The first-order valence-electron chi connectivity index (χ1n) is 19.4. The Morgan fingerprint density at radius 1 is 0.357 bits per heavy atom. The second-order valence-corrected chi connectivity index (χ2v) is 14.0. The van der Waals surface area contributed by atoms with Gasteiger partial charge in [0.1, 0.15) is 0 Å². The molecule has 0 fully saturated rings. The van der Waals surface area contributed by atoms with E-state index in [9.17, 15) is 0 Å². The fraction of sp³-hybridized carbons (Fsp3) is 0.902. The van der Waals surface area contributed by atoms with Crippen molar-refractivity contribution in [1.29, 1.82) is 0 Å². The minimum atomic E-state index is 0.557. The van der Waals surface area contributed by atoms with Crippen molar-refractivity contribution >= 4 is 0 Å². The van der Waals surface area contributed by atoms with E-state index in [0.29, 0.717) is 5.41 Å². The molecule has 0 aliphatic heterocycles. The SMILES string of the molecule is CCCCCCCC/C=C\CCCCCCCCC(C)(C)CCCCCCCC/C=C\CCCCCCCC.CNC. The fourth-order valence-electron chi connectivity index (χ4n) is 5.83. The summed E-state index contributed by atoms with van der Waals surface area (Å²) in [5.41, 5.74) is 0.557. The first kappa shape index (κ1) is 43.6. The zero-order valence-corrected chi connectivity index (χ0v) is 30.5. The first-order chi connectivity index (χ1) is 20.5. The Hall–Kier alpha value is -0.560. The summed E-state index contributed by atoms with van der Waals surface area (Å²) in [6.45, 7) is 9.63. The second-order valence-electron chi connectivity index (χ2n) is 14.0. The quantitative estimate of drug-likeness (QED) is 0.0608. The van der Waals surface area contributed by atoms with E-state index in [0.717, 1.165) is 0 Å². The van der Waals surface area contributed by atoms with Gasteiger partial charge in [0.25, 0.3) is 0 Å². The minimum Gasteiger partial charge on any atom is -0.323 e. The van der Waals surface area contributed by atoms with E-state index in [1.54, 1.807) is 0 Å². The smallest absolute Gasteiger partial charge is 0.0167 e. The summed E-state index contributed by atoms with van der Waals surface area (Å²) in [4.78, 5) is 0. The molecule has 1 heteroatoms. The molecule has 0 aromatic rings. The van der Waals surface area contributed by atoms with Crippen molar-refractivity contribution in [1.82, 2.24) is 5.32 Å². The van der Waals surface area contributed by atoms with E-state index in [-0.39, 0.29) is 0 Å². The molecule has 0 heterocycles. The van der Waals surface area contributed by atoms with Gasteiger partial charge in [0.15, 0.2) is 0 Å². The largest absolute Gasteiger partial charge is 0.323 e. The van der Waals surface area contributed by atoms with Gasteiger partial charge in [-0.1, -0.05) is 180 Å². The summed E-state index contributed by atoms with van der Waals surface area (Å²) < 4.78 is 0. The van der Waals surface area contributed by atoms with Crippen molar-refractivity contribution in [2.24, 2.45) is 5.41 Å². The zero-order valence-electron chi connectivity index (χ0n) is 30.5. The van der Waals surface area contributed by atoms with Crippen LogP contribution in [0.5, 0.6) is 0 Å². The lowest BCUT2D eigenvalue weighted by molar-refractivity contribution is 0.282. The van der Waals surface area contributed by atoms with Crippen LogP contribution in [0, 0.1) is 5.41 Å². The van der Waals surface area contributed by atoms with E-state index in [4.69, 9.17) is 0 Å². The van der Waals surface area contributed by atoms with Gasteiger partial charge in [-0.05, 0) is 83.7 Å². The summed E-state index contributed by atoms with van der Waals surface area (Å²) in [6.07, 6.45) is 52.1. The molecule has 0 atom stereocenters. The average Bonchev–Trinajstić information content (AvgIpc) is 2.97. The van der Waals surface area contributed by atoms with E-state index < -0.39 is 0 Å². The molecular weight excluding hydrogens is 506 g/mol. The molecule has 0 radical (unpaired) electrons. The van der Waals surface area contributed by atoms with Crippen molar-refractivity contribution in [2.45, 2.75) is 220 Å². The lowest BCUT2D eigenvalue weighted by Gasteiger charge is -2.24. The highest BCUT2D eigenvalue weighted by Crippen LogP contribution is 2.30. The van der Waals surface area contributed by atoms with Crippen LogP contribution in [-0.4, -0.2) is 14.1 Å². The van der Waals surface area contributed by atoms with Gasteiger partial charge < -0.3 is 5.32 Å². The van der Waals surface area contributed by atoms with Crippen LogP contribution in [0.15, 0.2) is 24.3 Å². The number of rotatable bonds is 32. The zero-order chi connectivity index (χ0) is 31.2. The fourth-order valence-corrected chi connectivity index (χ4v) is 5.83. The van der Waals surface area contributed by atoms with Gasteiger partial charge in [-0.2, -0.15) is 0 Å². The highest BCUT2D eigenvalue weighted by molar-refractivity contribution is 4.82. The molecule has 0 bridgehead atoms. The summed E-state index contributed by atoms with van der Waals surface area (Å²) in [7, 11) is 3.75. The van der Waals surface area contributed by atoms with Gasteiger partial charge in [-0.15, -0.1) is 0 Å². The van der Waals surface area contributed by atoms with E-state index in [1.165, 1.54) is 193 Å². The van der Waals surface area contributed by atoms with Crippen molar-refractivity contribution in [2.75, 3.05) is 14.1 Å². The molecule has 0 spiro atoms. The summed E-state index contributed by atoms with van der Waals surface area (Å²) >= 11 is 0. The topological polar surface area (TPSA) is 12.0 Å². The Bertz CT molecular complexity index is 473. The molecule has 1 nitrogen and oxygen atoms in total. The Morgan fingerprint density at radius 2 is 0.571 bits per heavy atom. The number of allylic oxidation sites excluding steroid dienone is 4. The Labute approximate surface area is 269 Å². The normalized spacial score (nSPS) is 12.0. The molecule has 252 valence electrons. The summed E-state index contributed by atoms with van der Waals surface area (Å²) in [5.74, 6) is 0.